The Labute approximate surface area is 144 Å². The number of rotatable bonds is 7. The van der Waals surface area contributed by atoms with Crippen LogP contribution in [0.2, 0.25) is 0 Å². The number of sulfonamides is 1. The van der Waals surface area contributed by atoms with E-state index in [-0.39, 0.29) is 12.4 Å². The van der Waals surface area contributed by atoms with Gasteiger partial charge in [0.05, 0.1) is 24.4 Å². The molecule has 0 radical (unpaired) electrons. The van der Waals surface area contributed by atoms with E-state index >= 15 is 0 Å². The SMILES string of the molecule is CS(=O)(=O)NCCn1ncc2c(NCc3ccc(F)cc3)ncnc21. The minimum Gasteiger partial charge on any atom is -0.365 e. The number of benzene rings is 1. The number of nitrogens with one attached hydrogen (secondary N) is 2. The topological polar surface area (TPSA) is 102 Å². The molecule has 0 atom stereocenters. The number of anilines is 1. The van der Waals surface area contributed by atoms with Crippen LogP contribution in [0.25, 0.3) is 11.0 Å². The highest BCUT2D eigenvalue weighted by Gasteiger charge is 2.10. The molecule has 2 heterocycles. The van der Waals surface area contributed by atoms with Gasteiger partial charge < -0.3 is 5.32 Å². The van der Waals surface area contributed by atoms with E-state index in [2.05, 4.69) is 25.1 Å². The lowest BCUT2D eigenvalue weighted by Crippen LogP contribution is -2.26. The van der Waals surface area contributed by atoms with E-state index in [1.165, 1.54) is 18.5 Å². The summed E-state index contributed by atoms with van der Waals surface area (Å²) in [5.41, 5.74) is 1.52. The van der Waals surface area contributed by atoms with Crippen LogP contribution in [0.15, 0.2) is 36.8 Å². The van der Waals surface area contributed by atoms with Crippen molar-refractivity contribution in [3.05, 3.63) is 48.2 Å². The van der Waals surface area contributed by atoms with Crippen molar-refractivity contribution in [1.82, 2.24) is 24.5 Å². The molecular formula is C15H17FN6O2S. The number of aromatic nitrogens is 4. The molecule has 132 valence electrons. The number of fused-ring (bicyclic) bond motifs is 1. The molecule has 3 rings (SSSR count). The van der Waals surface area contributed by atoms with Crippen LogP contribution < -0.4 is 10.0 Å². The molecule has 10 heteroatoms. The third-order valence-corrected chi connectivity index (χ3v) is 4.22. The first-order chi connectivity index (χ1) is 11.9. The van der Waals surface area contributed by atoms with Gasteiger partial charge in [-0.15, -0.1) is 0 Å². The Hall–Kier alpha value is -2.59. The predicted molar refractivity (Wildman–Crippen MR) is 91.9 cm³/mol. The first-order valence-electron chi connectivity index (χ1n) is 7.52. The second-order valence-electron chi connectivity index (χ2n) is 5.47. The zero-order chi connectivity index (χ0) is 17.9. The maximum Gasteiger partial charge on any atom is 0.208 e. The smallest absolute Gasteiger partial charge is 0.208 e. The number of halogens is 1. The Morgan fingerprint density at radius 3 is 2.68 bits per heavy atom. The molecule has 2 N–H and O–H groups in total. The molecule has 0 amide bonds. The lowest BCUT2D eigenvalue weighted by Gasteiger charge is -2.07. The van der Waals surface area contributed by atoms with Gasteiger partial charge in [0.2, 0.25) is 10.0 Å². The first-order valence-corrected chi connectivity index (χ1v) is 9.41. The van der Waals surface area contributed by atoms with Gasteiger partial charge in [-0.3, -0.25) is 0 Å². The monoisotopic (exact) mass is 364 g/mol. The molecule has 0 aliphatic carbocycles. The fraction of sp³-hybridized carbons (Fsp3) is 0.267. The number of hydrogen-bond acceptors (Lipinski definition) is 6. The summed E-state index contributed by atoms with van der Waals surface area (Å²) in [7, 11) is -3.24. The Bertz CT molecular complexity index is 971. The van der Waals surface area contributed by atoms with Gasteiger partial charge in [-0.25, -0.2) is 32.2 Å². The summed E-state index contributed by atoms with van der Waals surface area (Å²) in [6, 6.07) is 6.20. The minimum atomic E-state index is -3.24. The lowest BCUT2D eigenvalue weighted by atomic mass is 10.2. The number of nitrogens with zero attached hydrogens (tertiary/aromatic N) is 4. The summed E-state index contributed by atoms with van der Waals surface area (Å²) >= 11 is 0. The molecule has 0 saturated heterocycles. The maximum atomic E-state index is 12.9. The van der Waals surface area contributed by atoms with E-state index < -0.39 is 10.0 Å². The largest absolute Gasteiger partial charge is 0.365 e. The molecule has 0 saturated carbocycles. The van der Waals surface area contributed by atoms with Crippen LogP contribution in [0.5, 0.6) is 0 Å². The molecular weight excluding hydrogens is 347 g/mol. The van der Waals surface area contributed by atoms with Gasteiger partial charge >= 0.3 is 0 Å². The van der Waals surface area contributed by atoms with E-state index in [9.17, 15) is 12.8 Å². The van der Waals surface area contributed by atoms with Crippen LogP contribution in [0.3, 0.4) is 0 Å². The normalized spacial score (nSPS) is 11.8. The van der Waals surface area contributed by atoms with Gasteiger partial charge in [-0.1, -0.05) is 12.1 Å². The second-order valence-corrected chi connectivity index (χ2v) is 7.31. The highest BCUT2D eigenvalue weighted by atomic mass is 32.2. The molecule has 1 aromatic carbocycles. The van der Waals surface area contributed by atoms with Gasteiger partial charge in [-0.2, -0.15) is 5.10 Å². The van der Waals surface area contributed by atoms with E-state index in [0.29, 0.717) is 24.6 Å². The van der Waals surface area contributed by atoms with Crippen molar-refractivity contribution in [2.45, 2.75) is 13.1 Å². The minimum absolute atomic E-state index is 0.220. The molecule has 8 nitrogen and oxygen atoms in total. The van der Waals surface area contributed by atoms with E-state index in [0.717, 1.165) is 17.2 Å². The number of hydrogen-bond donors (Lipinski definition) is 2. The van der Waals surface area contributed by atoms with E-state index in [1.54, 1.807) is 23.0 Å². The molecule has 2 aromatic heterocycles. The Morgan fingerprint density at radius 2 is 1.96 bits per heavy atom. The summed E-state index contributed by atoms with van der Waals surface area (Å²) in [6.45, 7) is 1.05. The van der Waals surface area contributed by atoms with Gasteiger partial charge in [0.1, 0.15) is 18.0 Å². The van der Waals surface area contributed by atoms with Gasteiger partial charge in [0, 0.05) is 13.1 Å². The first kappa shape index (κ1) is 17.2. The standard InChI is InChI=1S/C15H17FN6O2S/c1-25(23,24)21-6-7-22-15-13(9-20-22)14(18-10-19-15)17-8-11-2-4-12(16)5-3-11/h2-5,9-10,21H,6-8H2,1H3,(H,17,18,19). The average Bonchev–Trinajstić information content (AvgIpc) is 2.97. The fourth-order valence-electron chi connectivity index (χ4n) is 2.32. The summed E-state index contributed by atoms with van der Waals surface area (Å²) < 4.78 is 39.2. The molecule has 25 heavy (non-hydrogen) atoms. The molecule has 0 aliphatic rings. The molecule has 3 aromatic rings. The maximum absolute atomic E-state index is 12.9. The summed E-state index contributed by atoms with van der Waals surface area (Å²) in [5.74, 6) is 0.328. The molecule has 0 aliphatic heterocycles. The zero-order valence-electron chi connectivity index (χ0n) is 13.5. The van der Waals surface area contributed by atoms with Crippen molar-refractivity contribution in [3.63, 3.8) is 0 Å². The summed E-state index contributed by atoms with van der Waals surface area (Å²) in [6.07, 6.45) is 4.15. The molecule has 0 spiro atoms. The Kier molecular flexibility index (Phi) is 4.91. The third-order valence-electron chi connectivity index (χ3n) is 3.49. The predicted octanol–water partition coefficient (Wildman–Crippen LogP) is 1.13. The van der Waals surface area contributed by atoms with Crippen molar-refractivity contribution >= 4 is 26.9 Å². The van der Waals surface area contributed by atoms with Gasteiger partial charge in [-0.05, 0) is 17.7 Å². The molecule has 0 bridgehead atoms. The van der Waals surface area contributed by atoms with Gasteiger partial charge in [0.15, 0.2) is 5.65 Å². The van der Waals surface area contributed by atoms with Crippen molar-refractivity contribution < 1.29 is 12.8 Å². The van der Waals surface area contributed by atoms with Crippen molar-refractivity contribution in [2.24, 2.45) is 0 Å². The van der Waals surface area contributed by atoms with Crippen LogP contribution in [-0.2, 0) is 23.1 Å². The van der Waals surface area contributed by atoms with Gasteiger partial charge in [0.25, 0.3) is 0 Å². The van der Waals surface area contributed by atoms with Crippen LogP contribution >= 0.6 is 0 Å². The quantitative estimate of drug-likeness (QED) is 0.652. The van der Waals surface area contributed by atoms with Crippen molar-refractivity contribution in [1.29, 1.82) is 0 Å². The van der Waals surface area contributed by atoms with Crippen LogP contribution in [0.4, 0.5) is 10.2 Å². The molecule has 0 fully saturated rings. The van der Waals surface area contributed by atoms with E-state index in [4.69, 9.17) is 0 Å². The second kappa shape index (κ2) is 7.11. The fourth-order valence-corrected chi connectivity index (χ4v) is 2.78. The average molecular weight is 364 g/mol. The summed E-state index contributed by atoms with van der Waals surface area (Å²) in [5, 5.41) is 8.14. The zero-order valence-corrected chi connectivity index (χ0v) is 14.3. The Balaban J connectivity index is 1.73. The van der Waals surface area contributed by atoms with Crippen LogP contribution in [0, 0.1) is 5.82 Å². The third kappa shape index (κ3) is 4.48. The highest BCUT2D eigenvalue weighted by Crippen LogP contribution is 2.19. The lowest BCUT2D eigenvalue weighted by molar-refractivity contribution is 0.569. The Morgan fingerprint density at radius 1 is 1.20 bits per heavy atom. The van der Waals surface area contributed by atoms with Crippen LogP contribution in [0.1, 0.15) is 5.56 Å². The molecule has 0 unspecified atom stereocenters. The van der Waals surface area contributed by atoms with E-state index in [1.807, 2.05) is 0 Å². The summed E-state index contributed by atoms with van der Waals surface area (Å²) in [4.78, 5) is 8.42. The highest BCUT2D eigenvalue weighted by molar-refractivity contribution is 7.88. The van der Waals surface area contributed by atoms with Crippen molar-refractivity contribution in [2.75, 3.05) is 18.1 Å². The van der Waals surface area contributed by atoms with Crippen LogP contribution in [-0.4, -0.2) is 41.0 Å². The van der Waals surface area contributed by atoms with Crippen molar-refractivity contribution in [3.8, 4) is 0 Å².